The van der Waals surface area contributed by atoms with Crippen LogP contribution < -0.4 is 5.73 Å². The predicted molar refractivity (Wildman–Crippen MR) is 73.9 cm³/mol. The van der Waals surface area contributed by atoms with E-state index in [2.05, 4.69) is 18.2 Å². The number of nitrogens with two attached hydrogens (primary N) is 1. The van der Waals surface area contributed by atoms with E-state index in [1.165, 1.54) is 22.3 Å². The molecule has 0 spiro atoms. The molecule has 0 aliphatic heterocycles. The van der Waals surface area contributed by atoms with Crippen LogP contribution in [0.1, 0.15) is 29.2 Å². The van der Waals surface area contributed by atoms with Crippen LogP contribution in [0.25, 0.3) is 11.1 Å². The summed E-state index contributed by atoms with van der Waals surface area (Å²) in [6.07, 6.45) is 0.866. The number of aliphatic carboxylic acids is 1. The van der Waals surface area contributed by atoms with Gasteiger partial charge in [-0.3, -0.25) is 4.79 Å². The van der Waals surface area contributed by atoms with Crippen molar-refractivity contribution in [2.45, 2.75) is 18.9 Å². The van der Waals surface area contributed by atoms with Crippen molar-refractivity contribution in [3.8, 4) is 11.1 Å². The third kappa shape index (κ3) is 2.13. The van der Waals surface area contributed by atoms with Crippen molar-refractivity contribution in [2.24, 2.45) is 5.73 Å². The second kappa shape index (κ2) is 4.52. The minimum atomic E-state index is -0.865. The lowest BCUT2D eigenvalue weighted by Crippen LogP contribution is -2.15. The molecule has 0 bridgehead atoms. The van der Waals surface area contributed by atoms with Gasteiger partial charge in [-0.05, 0) is 34.2 Å². The van der Waals surface area contributed by atoms with Crippen LogP contribution in [0.5, 0.6) is 0 Å². The average Bonchev–Trinajstić information content (AvgIpc) is 2.75. The average molecular weight is 253 g/mol. The first-order valence-electron chi connectivity index (χ1n) is 6.33. The van der Waals surface area contributed by atoms with Crippen molar-refractivity contribution in [1.82, 2.24) is 0 Å². The number of hydrogen-bond acceptors (Lipinski definition) is 2. The van der Waals surface area contributed by atoms with Gasteiger partial charge in [0.25, 0.3) is 0 Å². The molecule has 2 aromatic rings. The Kier molecular flexibility index (Phi) is 2.84. The number of carboxylic acid groups (broad SMARTS) is 1. The largest absolute Gasteiger partial charge is 0.481 e. The van der Waals surface area contributed by atoms with Crippen LogP contribution in [-0.2, 0) is 11.2 Å². The molecule has 0 unspecified atom stereocenters. The third-order valence-electron chi connectivity index (χ3n) is 3.64. The minimum absolute atomic E-state index is 0.0360. The number of rotatable bonds is 3. The van der Waals surface area contributed by atoms with Gasteiger partial charge in [-0.2, -0.15) is 0 Å². The first-order chi connectivity index (χ1) is 9.15. The molecule has 3 nitrogen and oxygen atoms in total. The van der Waals surface area contributed by atoms with E-state index in [0.717, 1.165) is 12.0 Å². The molecule has 19 heavy (non-hydrogen) atoms. The summed E-state index contributed by atoms with van der Waals surface area (Å²) in [5.41, 5.74) is 11.9. The predicted octanol–water partition coefficient (Wildman–Crippen LogP) is 2.73. The molecule has 0 fully saturated rings. The molecular formula is C16H15NO2. The summed E-state index contributed by atoms with van der Waals surface area (Å²) in [6.45, 7) is 0. The fraction of sp³-hybridized carbons (Fsp3) is 0.188. The van der Waals surface area contributed by atoms with E-state index in [9.17, 15) is 4.79 Å². The number of carboxylic acids is 1. The van der Waals surface area contributed by atoms with Gasteiger partial charge in [-0.15, -0.1) is 0 Å². The summed E-state index contributed by atoms with van der Waals surface area (Å²) >= 11 is 0. The Morgan fingerprint density at radius 1 is 1.16 bits per heavy atom. The summed E-state index contributed by atoms with van der Waals surface area (Å²) in [6, 6.07) is 13.9. The van der Waals surface area contributed by atoms with Gasteiger partial charge in [0.1, 0.15) is 0 Å². The van der Waals surface area contributed by atoms with Gasteiger partial charge in [0, 0.05) is 6.04 Å². The minimum Gasteiger partial charge on any atom is -0.481 e. The van der Waals surface area contributed by atoms with Crippen molar-refractivity contribution in [3.63, 3.8) is 0 Å². The van der Waals surface area contributed by atoms with Crippen LogP contribution in [0.3, 0.4) is 0 Å². The molecule has 2 aromatic carbocycles. The molecule has 0 amide bonds. The molecule has 96 valence electrons. The van der Waals surface area contributed by atoms with Crippen molar-refractivity contribution >= 4 is 5.97 Å². The molecular weight excluding hydrogens is 238 g/mol. The standard InChI is InChI=1S/C16H15NO2/c17-15(9-16(18)19)11-5-6-14-12(8-11)7-10-3-1-2-4-13(10)14/h1-6,8,15H,7,9,17H2,(H,18,19)/t15-/m1/s1. The maximum absolute atomic E-state index is 10.7. The molecule has 3 heteroatoms. The second-order valence-corrected chi connectivity index (χ2v) is 4.95. The molecule has 0 heterocycles. The number of hydrogen-bond donors (Lipinski definition) is 2. The second-order valence-electron chi connectivity index (χ2n) is 4.95. The maximum atomic E-state index is 10.7. The molecule has 1 aliphatic rings. The Labute approximate surface area is 111 Å². The molecule has 0 saturated carbocycles. The highest BCUT2D eigenvalue weighted by atomic mass is 16.4. The van der Waals surface area contributed by atoms with Gasteiger partial charge in [-0.25, -0.2) is 0 Å². The zero-order valence-electron chi connectivity index (χ0n) is 10.5. The SMILES string of the molecule is N[C@H](CC(=O)O)c1ccc2c(c1)Cc1ccccc1-2. The third-order valence-corrected chi connectivity index (χ3v) is 3.64. The molecule has 0 aromatic heterocycles. The Bertz CT molecular complexity index is 649. The lowest BCUT2D eigenvalue weighted by molar-refractivity contribution is -0.137. The van der Waals surface area contributed by atoms with Crippen LogP contribution in [-0.4, -0.2) is 11.1 Å². The molecule has 1 atom stereocenters. The van der Waals surface area contributed by atoms with E-state index in [4.69, 9.17) is 10.8 Å². The number of carbonyl (C=O) groups is 1. The molecule has 0 saturated heterocycles. The summed E-state index contributed by atoms with van der Waals surface area (Å²) in [7, 11) is 0. The van der Waals surface area contributed by atoms with E-state index >= 15 is 0 Å². The Morgan fingerprint density at radius 3 is 2.68 bits per heavy atom. The smallest absolute Gasteiger partial charge is 0.305 e. The van der Waals surface area contributed by atoms with Crippen LogP contribution in [0.2, 0.25) is 0 Å². The highest BCUT2D eigenvalue weighted by Crippen LogP contribution is 2.37. The quantitative estimate of drug-likeness (QED) is 0.754. The van der Waals surface area contributed by atoms with E-state index in [1.54, 1.807) is 0 Å². The first kappa shape index (κ1) is 11.9. The molecule has 1 aliphatic carbocycles. The van der Waals surface area contributed by atoms with Crippen LogP contribution in [0.4, 0.5) is 0 Å². The van der Waals surface area contributed by atoms with Crippen molar-refractivity contribution in [2.75, 3.05) is 0 Å². The van der Waals surface area contributed by atoms with E-state index in [-0.39, 0.29) is 6.42 Å². The molecule has 3 N–H and O–H groups in total. The molecule has 0 radical (unpaired) electrons. The van der Waals surface area contributed by atoms with Crippen LogP contribution in [0, 0.1) is 0 Å². The van der Waals surface area contributed by atoms with Gasteiger partial charge in [0.2, 0.25) is 0 Å². The van der Waals surface area contributed by atoms with Gasteiger partial charge in [-0.1, -0.05) is 42.5 Å². The van der Waals surface area contributed by atoms with Crippen LogP contribution >= 0.6 is 0 Å². The fourth-order valence-corrected chi connectivity index (χ4v) is 2.70. The Morgan fingerprint density at radius 2 is 1.89 bits per heavy atom. The van der Waals surface area contributed by atoms with Crippen LogP contribution in [0.15, 0.2) is 42.5 Å². The lowest BCUT2D eigenvalue weighted by Gasteiger charge is -2.11. The summed E-state index contributed by atoms with van der Waals surface area (Å²) in [4.78, 5) is 10.7. The van der Waals surface area contributed by atoms with E-state index in [0.29, 0.717) is 0 Å². The zero-order valence-corrected chi connectivity index (χ0v) is 10.5. The Hall–Kier alpha value is -2.13. The monoisotopic (exact) mass is 253 g/mol. The normalized spacial score (nSPS) is 13.7. The highest BCUT2D eigenvalue weighted by molar-refractivity contribution is 5.77. The van der Waals surface area contributed by atoms with Gasteiger partial charge in [0.05, 0.1) is 6.42 Å². The summed E-state index contributed by atoms with van der Waals surface area (Å²) in [5.74, 6) is -0.865. The van der Waals surface area contributed by atoms with Gasteiger partial charge >= 0.3 is 5.97 Å². The van der Waals surface area contributed by atoms with Crippen molar-refractivity contribution < 1.29 is 9.90 Å². The number of fused-ring (bicyclic) bond motifs is 3. The van der Waals surface area contributed by atoms with Gasteiger partial charge in [0.15, 0.2) is 0 Å². The first-order valence-corrected chi connectivity index (χ1v) is 6.33. The van der Waals surface area contributed by atoms with E-state index in [1.807, 2.05) is 24.3 Å². The Balaban J connectivity index is 1.95. The lowest BCUT2D eigenvalue weighted by atomic mass is 9.98. The summed E-state index contributed by atoms with van der Waals surface area (Å²) < 4.78 is 0. The molecule has 3 rings (SSSR count). The fourth-order valence-electron chi connectivity index (χ4n) is 2.70. The number of benzene rings is 2. The van der Waals surface area contributed by atoms with Gasteiger partial charge < -0.3 is 10.8 Å². The van der Waals surface area contributed by atoms with Crippen molar-refractivity contribution in [3.05, 3.63) is 59.2 Å². The van der Waals surface area contributed by atoms with Crippen molar-refractivity contribution in [1.29, 1.82) is 0 Å². The highest BCUT2D eigenvalue weighted by Gasteiger charge is 2.19. The topological polar surface area (TPSA) is 63.3 Å². The zero-order chi connectivity index (χ0) is 13.4. The summed E-state index contributed by atoms with van der Waals surface area (Å²) in [5, 5.41) is 8.80. The van der Waals surface area contributed by atoms with E-state index < -0.39 is 12.0 Å². The maximum Gasteiger partial charge on any atom is 0.305 e.